The molecule has 0 spiro atoms. The molecule has 2 saturated heterocycles. The van der Waals surface area contributed by atoms with E-state index >= 15 is 0 Å². The molecule has 3 aliphatic rings. The summed E-state index contributed by atoms with van der Waals surface area (Å²) >= 11 is 0. The number of aliphatic imine (C=N–C) groups is 1. The number of halogens is 1. The Bertz CT molecular complexity index is 604. The molecular weight excluding hydrogens is 455 g/mol. The number of ether oxygens (including phenoxy) is 1. The maximum atomic E-state index is 5.48. The number of guanidine groups is 1. The van der Waals surface area contributed by atoms with Gasteiger partial charge in [-0.15, -0.1) is 24.0 Å². The monoisotopic (exact) mass is 488 g/mol. The molecule has 2 fully saturated rings. The van der Waals surface area contributed by atoms with Crippen molar-refractivity contribution >= 4 is 29.9 Å². The second-order valence-corrected chi connectivity index (χ2v) is 7.56. The number of nitrogens with zero attached hydrogens (tertiary/aromatic N) is 5. The van der Waals surface area contributed by atoms with Gasteiger partial charge in [-0.05, 0) is 19.3 Å². The quantitative estimate of drug-likeness (QED) is 0.394. The molecule has 0 bridgehead atoms. The Labute approximate surface area is 179 Å². The summed E-state index contributed by atoms with van der Waals surface area (Å²) in [4.78, 5) is 14.3. The molecule has 1 aromatic rings. The van der Waals surface area contributed by atoms with Gasteiger partial charge >= 0.3 is 0 Å². The van der Waals surface area contributed by atoms with E-state index in [2.05, 4.69) is 30.9 Å². The van der Waals surface area contributed by atoms with E-state index in [9.17, 15) is 0 Å². The van der Waals surface area contributed by atoms with Gasteiger partial charge in [-0.1, -0.05) is 0 Å². The second-order valence-electron chi connectivity index (χ2n) is 7.56. The molecule has 152 valence electrons. The zero-order valence-electron chi connectivity index (χ0n) is 16.4. The minimum absolute atomic E-state index is 0. The highest BCUT2D eigenvalue weighted by Crippen LogP contribution is 2.17. The Hall–Kier alpha value is -0.870. The standard InChI is InChI=1S/C19H32N6O.HI/c1-20-19(25-9-6-17(15-25)23-10-12-26-13-11-23)21-7-5-16-14-24-8-3-2-4-18(24)22-16;/h14,17H,2-13,15H2,1H3,(H,20,21);1H. The van der Waals surface area contributed by atoms with Gasteiger partial charge in [-0.25, -0.2) is 4.98 Å². The molecule has 27 heavy (non-hydrogen) atoms. The first-order valence-corrected chi connectivity index (χ1v) is 10.2. The lowest BCUT2D eigenvalue weighted by Crippen LogP contribution is -2.46. The Morgan fingerprint density at radius 2 is 2.11 bits per heavy atom. The van der Waals surface area contributed by atoms with Crippen LogP contribution < -0.4 is 5.32 Å². The molecule has 0 saturated carbocycles. The number of fused-ring (bicyclic) bond motifs is 1. The first-order chi connectivity index (χ1) is 12.8. The minimum Gasteiger partial charge on any atom is -0.379 e. The van der Waals surface area contributed by atoms with Crippen molar-refractivity contribution in [1.29, 1.82) is 0 Å². The Morgan fingerprint density at radius 1 is 1.26 bits per heavy atom. The van der Waals surface area contributed by atoms with E-state index in [1.807, 2.05) is 7.05 Å². The van der Waals surface area contributed by atoms with Crippen LogP contribution in [0, 0.1) is 0 Å². The smallest absolute Gasteiger partial charge is 0.193 e. The van der Waals surface area contributed by atoms with Crippen LogP contribution in [0.1, 0.15) is 30.8 Å². The minimum atomic E-state index is 0. The molecule has 7 nitrogen and oxygen atoms in total. The average molecular weight is 488 g/mol. The number of hydrogen-bond acceptors (Lipinski definition) is 4. The molecule has 1 unspecified atom stereocenters. The van der Waals surface area contributed by atoms with E-state index in [-0.39, 0.29) is 24.0 Å². The first kappa shape index (κ1) is 20.9. The third kappa shape index (κ3) is 5.14. The summed E-state index contributed by atoms with van der Waals surface area (Å²) in [6.07, 6.45) is 8.11. The summed E-state index contributed by atoms with van der Waals surface area (Å²) in [5.41, 5.74) is 1.21. The van der Waals surface area contributed by atoms with Crippen LogP contribution in [-0.2, 0) is 24.1 Å². The predicted octanol–water partition coefficient (Wildman–Crippen LogP) is 1.36. The number of imidazole rings is 1. The highest BCUT2D eigenvalue weighted by Gasteiger charge is 2.30. The summed E-state index contributed by atoms with van der Waals surface area (Å²) in [6.45, 7) is 8.05. The number of rotatable bonds is 4. The number of likely N-dealkylation sites (tertiary alicyclic amines) is 1. The van der Waals surface area contributed by atoms with E-state index in [4.69, 9.17) is 9.72 Å². The van der Waals surface area contributed by atoms with Crippen molar-refractivity contribution in [3.8, 4) is 0 Å². The van der Waals surface area contributed by atoms with Gasteiger partial charge in [0, 0.05) is 71.4 Å². The molecule has 1 atom stereocenters. The van der Waals surface area contributed by atoms with Crippen molar-refractivity contribution in [2.75, 3.05) is 53.0 Å². The third-order valence-electron chi connectivity index (χ3n) is 5.86. The molecular formula is C19H33IN6O. The zero-order valence-corrected chi connectivity index (χ0v) is 18.7. The van der Waals surface area contributed by atoms with E-state index < -0.39 is 0 Å². The Balaban J connectivity index is 0.00000210. The summed E-state index contributed by atoms with van der Waals surface area (Å²) in [5, 5.41) is 3.55. The molecule has 4 heterocycles. The van der Waals surface area contributed by atoms with Gasteiger partial charge in [0.1, 0.15) is 5.82 Å². The summed E-state index contributed by atoms with van der Waals surface area (Å²) in [6, 6.07) is 0.636. The number of hydrogen-bond donors (Lipinski definition) is 1. The van der Waals surface area contributed by atoms with Crippen molar-refractivity contribution < 1.29 is 4.74 Å². The van der Waals surface area contributed by atoms with Gasteiger partial charge < -0.3 is 19.5 Å². The molecule has 4 rings (SSSR count). The average Bonchev–Trinajstić information content (AvgIpc) is 3.33. The van der Waals surface area contributed by atoms with E-state index in [0.717, 1.165) is 71.3 Å². The zero-order chi connectivity index (χ0) is 17.8. The summed E-state index contributed by atoms with van der Waals surface area (Å²) < 4.78 is 7.82. The van der Waals surface area contributed by atoms with Gasteiger partial charge in [0.25, 0.3) is 0 Å². The van der Waals surface area contributed by atoms with Gasteiger partial charge in [-0.2, -0.15) is 0 Å². The van der Waals surface area contributed by atoms with Gasteiger partial charge in [0.15, 0.2) is 5.96 Å². The van der Waals surface area contributed by atoms with E-state index in [1.54, 1.807) is 0 Å². The van der Waals surface area contributed by atoms with E-state index in [1.165, 1.54) is 30.8 Å². The topological polar surface area (TPSA) is 57.9 Å². The van der Waals surface area contributed by atoms with Crippen LogP contribution in [0.15, 0.2) is 11.2 Å². The van der Waals surface area contributed by atoms with Crippen LogP contribution in [0.25, 0.3) is 0 Å². The fourth-order valence-corrected chi connectivity index (χ4v) is 4.40. The molecule has 3 aliphatic heterocycles. The summed E-state index contributed by atoms with van der Waals surface area (Å²) in [7, 11) is 1.89. The van der Waals surface area contributed by atoms with Crippen LogP contribution in [-0.4, -0.2) is 84.3 Å². The van der Waals surface area contributed by atoms with Crippen LogP contribution in [0.2, 0.25) is 0 Å². The van der Waals surface area contributed by atoms with Gasteiger partial charge in [0.2, 0.25) is 0 Å². The maximum Gasteiger partial charge on any atom is 0.193 e. The van der Waals surface area contributed by atoms with Crippen molar-refractivity contribution in [3.63, 3.8) is 0 Å². The van der Waals surface area contributed by atoms with Crippen molar-refractivity contribution in [2.45, 2.75) is 44.7 Å². The SMILES string of the molecule is CN=C(NCCc1cn2c(n1)CCCC2)N1CCC(N2CCOCC2)C1.I. The molecule has 0 aliphatic carbocycles. The van der Waals surface area contributed by atoms with Crippen molar-refractivity contribution in [2.24, 2.45) is 4.99 Å². The first-order valence-electron chi connectivity index (χ1n) is 10.2. The largest absolute Gasteiger partial charge is 0.379 e. The fraction of sp³-hybridized carbons (Fsp3) is 0.789. The number of aromatic nitrogens is 2. The molecule has 0 aromatic carbocycles. The molecule has 0 amide bonds. The maximum absolute atomic E-state index is 5.48. The summed E-state index contributed by atoms with van der Waals surface area (Å²) in [5.74, 6) is 2.30. The Morgan fingerprint density at radius 3 is 2.89 bits per heavy atom. The third-order valence-corrected chi connectivity index (χ3v) is 5.86. The van der Waals surface area contributed by atoms with Crippen LogP contribution >= 0.6 is 24.0 Å². The second kappa shape index (κ2) is 10.1. The molecule has 0 radical (unpaired) electrons. The lowest BCUT2D eigenvalue weighted by Gasteiger charge is -2.32. The highest BCUT2D eigenvalue weighted by molar-refractivity contribution is 14.0. The predicted molar refractivity (Wildman–Crippen MR) is 118 cm³/mol. The normalized spacial score (nSPS) is 23.8. The Kier molecular flexibility index (Phi) is 7.77. The van der Waals surface area contributed by atoms with Gasteiger partial charge in [0.05, 0.1) is 18.9 Å². The van der Waals surface area contributed by atoms with Gasteiger partial charge in [-0.3, -0.25) is 9.89 Å². The van der Waals surface area contributed by atoms with Crippen LogP contribution in [0.5, 0.6) is 0 Å². The number of morpholine rings is 1. The van der Waals surface area contributed by atoms with E-state index in [0.29, 0.717) is 6.04 Å². The van der Waals surface area contributed by atoms with Crippen LogP contribution in [0.4, 0.5) is 0 Å². The molecule has 1 aromatic heterocycles. The number of nitrogens with one attached hydrogen (secondary N) is 1. The number of aryl methyl sites for hydroxylation is 2. The van der Waals surface area contributed by atoms with Crippen molar-refractivity contribution in [3.05, 3.63) is 17.7 Å². The lowest BCUT2D eigenvalue weighted by atomic mass is 10.2. The fourth-order valence-electron chi connectivity index (χ4n) is 4.40. The molecule has 1 N–H and O–H groups in total. The van der Waals surface area contributed by atoms with Crippen LogP contribution in [0.3, 0.4) is 0 Å². The highest BCUT2D eigenvalue weighted by atomic mass is 127. The molecule has 8 heteroatoms. The van der Waals surface area contributed by atoms with Crippen molar-refractivity contribution in [1.82, 2.24) is 24.7 Å². The lowest BCUT2D eigenvalue weighted by molar-refractivity contribution is 0.0195.